The van der Waals surface area contributed by atoms with E-state index in [9.17, 15) is 4.79 Å². The van der Waals surface area contributed by atoms with Gasteiger partial charge in [-0.2, -0.15) is 0 Å². The van der Waals surface area contributed by atoms with Crippen molar-refractivity contribution in [2.24, 2.45) is 18.7 Å². The van der Waals surface area contributed by atoms with Crippen molar-refractivity contribution >= 4 is 23.1 Å². The molecular weight excluding hydrogens is 224 g/mol. The van der Waals surface area contributed by atoms with Crippen LogP contribution in [0.4, 0.5) is 0 Å². The van der Waals surface area contributed by atoms with Crippen molar-refractivity contribution in [1.29, 1.82) is 0 Å². The SMILES string of the molecule is CC(C)C(NC(=O)c1cncn1C)C(N)=S. The van der Waals surface area contributed by atoms with Crippen molar-refractivity contribution in [3.8, 4) is 0 Å². The highest BCUT2D eigenvalue weighted by atomic mass is 32.1. The van der Waals surface area contributed by atoms with Gasteiger partial charge in [-0.1, -0.05) is 26.1 Å². The Bertz CT molecular complexity index is 399. The molecule has 1 unspecified atom stereocenters. The zero-order valence-electron chi connectivity index (χ0n) is 9.60. The number of imidazole rings is 1. The molecular formula is C10H16N4OS. The van der Waals surface area contributed by atoms with Crippen molar-refractivity contribution in [2.45, 2.75) is 19.9 Å². The van der Waals surface area contributed by atoms with Crippen LogP contribution in [0.1, 0.15) is 24.3 Å². The molecule has 0 aliphatic rings. The fourth-order valence-electron chi connectivity index (χ4n) is 1.36. The molecule has 1 atom stereocenters. The molecule has 1 aromatic rings. The second kappa shape index (κ2) is 5.07. The lowest BCUT2D eigenvalue weighted by molar-refractivity contribution is 0.0931. The van der Waals surface area contributed by atoms with Crippen LogP contribution in [-0.4, -0.2) is 26.5 Å². The summed E-state index contributed by atoms with van der Waals surface area (Å²) in [5, 5.41) is 2.79. The molecule has 1 amide bonds. The van der Waals surface area contributed by atoms with E-state index in [2.05, 4.69) is 10.3 Å². The van der Waals surface area contributed by atoms with E-state index >= 15 is 0 Å². The second-order valence-corrected chi connectivity index (χ2v) is 4.46. The molecule has 0 fully saturated rings. The van der Waals surface area contributed by atoms with Crippen molar-refractivity contribution in [1.82, 2.24) is 14.9 Å². The van der Waals surface area contributed by atoms with Gasteiger partial charge in [-0.3, -0.25) is 4.79 Å². The largest absolute Gasteiger partial charge is 0.392 e. The van der Waals surface area contributed by atoms with Gasteiger partial charge in [-0.15, -0.1) is 0 Å². The number of aromatic nitrogens is 2. The number of thiocarbonyl (C=S) groups is 1. The van der Waals surface area contributed by atoms with Crippen LogP contribution in [0.15, 0.2) is 12.5 Å². The summed E-state index contributed by atoms with van der Waals surface area (Å²) in [7, 11) is 1.76. The molecule has 3 N–H and O–H groups in total. The summed E-state index contributed by atoms with van der Waals surface area (Å²) in [4.78, 5) is 16.0. The van der Waals surface area contributed by atoms with Crippen LogP contribution in [0, 0.1) is 5.92 Å². The molecule has 0 spiro atoms. The maximum Gasteiger partial charge on any atom is 0.270 e. The van der Waals surface area contributed by atoms with Crippen LogP contribution in [0.3, 0.4) is 0 Å². The molecule has 0 saturated heterocycles. The highest BCUT2D eigenvalue weighted by molar-refractivity contribution is 7.80. The van der Waals surface area contributed by atoms with E-state index < -0.39 is 0 Å². The van der Waals surface area contributed by atoms with Gasteiger partial charge < -0.3 is 15.6 Å². The lowest BCUT2D eigenvalue weighted by atomic mass is 10.0. The van der Waals surface area contributed by atoms with Crippen LogP contribution < -0.4 is 11.1 Å². The number of hydrogen-bond donors (Lipinski definition) is 2. The Hall–Kier alpha value is -1.43. The fraction of sp³-hybridized carbons (Fsp3) is 0.500. The molecule has 6 heteroatoms. The molecule has 5 nitrogen and oxygen atoms in total. The normalized spacial score (nSPS) is 12.5. The summed E-state index contributed by atoms with van der Waals surface area (Å²) in [6, 6.07) is -0.294. The van der Waals surface area contributed by atoms with Crippen LogP contribution in [0.25, 0.3) is 0 Å². The molecule has 0 aliphatic heterocycles. The summed E-state index contributed by atoms with van der Waals surface area (Å²) < 4.78 is 1.65. The molecule has 1 rings (SSSR count). The quantitative estimate of drug-likeness (QED) is 0.750. The Kier molecular flexibility index (Phi) is 4.00. The van der Waals surface area contributed by atoms with E-state index in [0.717, 1.165) is 0 Å². The lowest BCUT2D eigenvalue weighted by Crippen LogP contribution is -2.47. The molecule has 1 heterocycles. The smallest absolute Gasteiger partial charge is 0.270 e. The minimum atomic E-state index is -0.294. The van der Waals surface area contributed by atoms with Gasteiger partial charge in [0, 0.05) is 7.05 Å². The number of carbonyl (C=O) groups excluding carboxylic acids is 1. The molecule has 88 valence electrons. The van der Waals surface area contributed by atoms with E-state index in [1.807, 2.05) is 13.8 Å². The third kappa shape index (κ3) is 2.79. The summed E-state index contributed by atoms with van der Waals surface area (Å²) >= 11 is 4.91. The molecule has 1 aromatic heterocycles. The highest BCUT2D eigenvalue weighted by Crippen LogP contribution is 2.04. The maximum absolute atomic E-state index is 11.9. The minimum Gasteiger partial charge on any atom is -0.392 e. The van der Waals surface area contributed by atoms with Gasteiger partial charge in [-0.25, -0.2) is 4.98 Å². The first-order chi connectivity index (χ1) is 7.43. The maximum atomic E-state index is 11.9. The van der Waals surface area contributed by atoms with Crippen LogP contribution in [-0.2, 0) is 7.05 Å². The van der Waals surface area contributed by atoms with E-state index in [-0.39, 0.29) is 17.9 Å². The number of rotatable bonds is 4. The summed E-state index contributed by atoms with van der Waals surface area (Å²) in [5.41, 5.74) is 6.06. The van der Waals surface area contributed by atoms with Crippen molar-refractivity contribution in [2.75, 3.05) is 0 Å². The Morgan fingerprint density at radius 3 is 2.62 bits per heavy atom. The lowest BCUT2D eigenvalue weighted by Gasteiger charge is -2.20. The number of nitrogens with zero attached hydrogens (tertiary/aromatic N) is 2. The van der Waals surface area contributed by atoms with E-state index in [1.54, 1.807) is 17.9 Å². The van der Waals surface area contributed by atoms with Crippen LogP contribution >= 0.6 is 12.2 Å². The second-order valence-electron chi connectivity index (χ2n) is 3.99. The molecule has 0 aliphatic carbocycles. The Morgan fingerprint density at radius 1 is 1.62 bits per heavy atom. The van der Waals surface area contributed by atoms with Gasteiger partial charge in [0.1, 0.15) is 5.69 Å². The number of hydrogen-bond acceptors (Lipinski definition) is 3. The molecule has 0 saturated carbocycles. The van der Waals surface area contributed by atoms with Crippen molar-refractivity contribution < 1.29 is 4.79 Å². The number of carbonyl (C=O) groups is 1. The fourth-order valence-corrected chi connectivity index (χ4v) is 1.69. The van der Waals surface area contributed by atoms with Crippen LogP contribution in [0.2, 0.25) is 0 Å². The first-order valence-electron chi connectivity index (χ1n) is 5.00. The van der Waals surface area contributed by atoms with Gasteiger partial charge in [0.25, 0.3) is 5.91 Å². The van der Waals surface area contributed by atoms with Crippen LogP contribution in [0.5, 0.6) is 0 Å². The number of nitrogens with one attached hydrogen (secondary N) is 1. The summed E-state index contributed by atoms with van der Waals surface area (Å²) in [5.74, 6) is -0.0545. The molecule has 0 bridgehead atoms. The number of amides is 1. The average Bonchev–Trinajstić information content (AvgIpc) is 2.59. The topological polar surface area (TPSA) is 72.9 Å². The molecule has 0 aromatic carbocycles. The first kappa shape index (κ1) is 12.6. The minimum absolute atomic E-state index is 0.162. The molecule has 16 heavy (non-hydrogen) atoms. The highest BCUT2D eigenvalue weighted by Gasteiger charge is 2.20. The van der Waals surface area contributed by atoms with Gasteiger partial charge in [0.15, 0.2) is 0 Å². The monoisotopic (exact) mass is 240 g/mol. The van der Waals surface area contributed by atoms with Gasteiger partial charge in [0.2, 0.25) is 0 Å². The van der Waals surface area contributed by atoms with E-state index in [1.165, 1.54) is 6.20 Å². The van der Waals surface area contributed by atoms with Gasteiger partial charge in [0.05, 0.1) is 23.6 Å². The first-order valence-corrected chi connectivity index (χ1v) is 5.40. The van der Waals surface area contributed by atoms with Crippen molar-refractivity contribution in [3.05, 3.63) is 18.2 Å². The predicted molar refractivity (Wildman–Crippen MR) is 66.1 cm³/mol. The Labute approximate surface area is 100 Å². The summed E-state index contributed by atoms with van der Waals surface area (Å²) in [6.45, 7) is 3.90. The number of nitrogens with two attached hydrogens (primary N) is 1. The predicted octanol–water partition coefficient (Wildman–Crippen LogP) is 0.461. The third-order valence-corrected chi connectivity index (χ3v) is 2.56. The van der Waals surface area contributed by atoms with Gasteiger partial charge in [-0.05, 0) is 5.92 Å². The standard InChI is InChI=1S/C10H16N4OS/c1-6(2)8(9(11)16)13-10(15)7-4-12-5-14(7)3/h4-6,8H,1-3H3,(H2,11,16)(H,13,15). The van der Waals surface area contributed by atoms with Gasteiger partial charge >= 0.3 is 0 Å². The van der Waals surface area contributed by atoms with E-state index in [0.29, 0.717) is 10.7 Å². The Balaban J connectivity index is 2.77. The zero-order valence-corrected chi connectivity index (χ0v) is 10.4. The summed E-state index contributed by atoms with van der Waals surface area (Å²) in [6.07, 6.45) is 3.08. The Morgan fingerprint density at radius 2 is 2.25 bits per heavy atom. The van der Waals surface area contributed by atoms with Crippen molar-refractivity contribution in [3.63, 3.8) is 0 Å². The van der Waals surface area contributed by atoms with E-state index in [4.69, 9.17) is 18.0 Å². The number of aryl methyl sites for hydroxylation is 1. The third-order valence-electron chi connectivity index (χ3n) is 2.31. The molecule has 0 radical (unpaired) electrons. The average molecular weight is 240 g/mol. The zero-order chi connectivity index (χ0) is 12.3.